The van der Waals surface area contributed by atoms with Crippen LogP contribution in [-0.4, -0.2) is 16.8 Å². The molecular formula is C21H13Cl5N2O4S3. The predicted molar refractivity (Wildman–Crippen MR) is 146 cm³/mol. The first kappa shape index (κ1) is 26.6. The molecular weight excluding hydrogens is 618 g/mol. The van der Waals surface area contributed by atoms with Crippen molar-refractivity contribution >= 4 is 111 Å². The lowest BCUT2D eigenvalue weighted by Gasteiger charge is -2.16. The Bertz CT molecular complexity index is 1700. The Morgan fingerprint density at radius 1 is 0.686 bits per heavy atom. The number of fused-ring (bicyclic) bond motifs is 1. The smallest absolute Gasteiger partial charge is 0.271 e. The quantitative estimate of drug-likeness (QED) is 0.225. The molecule has 0 amide bonds. The molecule has 184 valence electrons. The Hall–Kier alpha value is -1.43. The van der Waals surface area contributed by atoms with Crippen LogP contribution in [0, 0.1) is 6.92 Å². The van der Waals surface area contributed by atoms with Crippen LogP contribution in [0.3, 0.4) is 0 Å². The molecule has 0 aliphatic heterocycles. The van der Waals surface area contributed by atoms with Crippen LogP contribution in [0.1, 0.15) is 5.56 Å². The molecule has 0 radical (unpaired) electrons. The molecule has 0 unspecified atom stereocenters. The zero-order valence-corrected chi connectivity index (χ0v) is 23.6. The first-order chi connectivity index (χ1) is 16.3. The van der Waals surface area contributed by atoms with E-state index in [1.165, 1.54) is 30.3 Å². The minimum atomic E-state index is -4.20. The number of thiophene rings is 1. The Morgan fingerprint density at radius 3 is 1.86 bits per heavy atom. The van der Waals surface area contributed by atoms with Crippen LogP contribution in [0.25, 0.3) is 10.1 Å². The normalized spacial score (nSPS) is 12.2. The fraction of sp³-hybridized carbons (Fsp3) is 0.0476. The maximum atomic E-state index is 13.3. The van der Waals surface area contributed by atoms with E-state index in [0.717, 1.165) is 16.0 Å². The van der Waals surface area contributed by atoms with Gasteiger partial charge in [-0.1, -0.05) is 58.0 Å². The van der Waals surface area contributed by atoms with Crippen LogP contribution in [0.5, 0.6) is 0 Å². The number of anilines is 2. The second-order valence-electron chi connectivity index (χ2n) is 7.25. The van der Waals surface area contributed by atoms with Gasteiger partial charge in [0.05, 0.1) is 36.4 Å². The van der Waals surface area contributed by atoms with Crippen molar-refractivity contribution in [3.05, 3.63) is 79.2 Å². The highest BCUT2D eigenvalue weighted by atomic mass is 35.5. The summed E-state index contributed by atoms with van der Waals surface area (Å²) in [6, 6.07) is 11.2. The van der Waals surface area contributed by atoms with Crippen molar-refractivity contribution in [3.8, 4) is 0 Å². The number of rotatable bonds is 6. The van der Waals surface area contributed by atoms with Gasteiger partial charge in [-0.3, -0.25) is 9.44 Å². The van der Waals surface area contributed by atoms with Gasteiger partial charge in [0.15, 0.2) is 0 Å². The highest BCUT2D eigenvalue weighted by Gasteiger charge is 2.25. The monoisotopic (exact) mass is 628 g/mol. The zero-order chi connectivity index (χ0) is 25.7. The van der Waals surface area contributed by atoms with E-state index < -0.39 is 20.0 Å². The summed E-state index contributed by atoms with van der Waals surface area (Å²) < 4.78 is 58.1. The van der Waals surface area contributed by atoms with Crippen molar-refractivity contribution in [1.82, 2.24) is 0 Å². The Labute approximate surface area is 230 Å². The summed E-state index contributed by atoms with van der Waals surface area (Å²) in [5.41, 5.74) is 0.228. The molecule has 1 heterocycles. The van der Waals surface area contributed by atoms with Crippen LogP contribution >= 0.6 is 69.3 Å². The fourth-order valence-electron chi connectivity index (χ4n) is 3.18. The van der Waals surface area contributed by atoms with Crippen LogP contribution in [0.15, 0.2) is 57.6 Å². The van der Waals surface area contributed by atoms with E-state index in [-0.39, 0.29) is 40.6 Å². The van der Waals surface area contributed by atoms with Crippen molar-refractivity contribution in [1.29, 1.82) is 0 Å². The maximum absolute atomic E-state index is 13.3. The fourth-order valence-corrected chi connectivity index (χ4v) is 7.96. The van der Waals surface area contributed by atoms with Crippen molar-refractivity contribution in [2.24, 2.45) is 0 Å². The summed E-state index contributed by atoms with van der Waals surface area (Å²) in [4.78, 5) is -0.191. The molecule has 6 nitrogen and oxygen atoms in total. The molecule has 0 fully saturated rings. The standard InChI is InChI=1S/C21H13Cl5N2O4S3/c1-10-13-6-11(22)2-5-20(13)33-21(10)35(31,32)28-19-9-17(26)16(25)8-18(19)27-34(29,30)12-3-4-14(23)15(24)7-12/h2-9,27-28H,1H3. The summed E-state index contributed by atoms with van der Waals surface area (Å²) in [5, 5.41) is 1.39. The summed E-state index contributed by atoms with van der Waals surface area (Å²) in [5.74, 6) is 0. The van der Waals surface area contributed by atoms with E-state index >= 15 is 0 Å². The number of aryl methyl sites for hydroxylation is 1. The van der Waals surface area contributed by atoms with Crippen LogP contribution < -0.4 is 9.44 Å². The van der Waals surface area contributed by atoms with Crippen molar-refractivity contribution in [2.75, 3.05) is 9.44 Å². The maximum Gasteiger partial charge on any atom is 0.271 e. The van der Waals surface area contributed by atoms with E-state index in [9.17, 15) is 16.8 Å². The van der Waals surface area contributed by atoms with E-state index in [1.54, 1.807) is 25.1 Å². The van der Waals surface area contributed by atoms with E-state index in [1.807, 2.05) is 0 Å². The van der Waals surface area contributed by atoms with Gasteiger partial charge in [-0.25, -0.2) is 16.8 Å². The van der Waals surface area contributed by atoms with E-state index in [0.29, 0.717) is 16.0 Å². The molecule has 0 saturated heterocycles. The molecule has 3 aromatic carbocycles. The van der Waals surface area contributed by atoms with Gasteiger partial charge in [0, 0.05) is 9.72 Å². The third-order valence-corrected chi connectivity index (χ3v) is 11.2. The van der Waals surface area contributed by atoms with Gasteiger partial charge in [-0.2, -0.15) is 0 Å². The van der Waals surface area contributed by atoms with Gasteiger partial charge in [0.25, 0.3) is 20.0 Å². The molecule has 1 aromatic heterocycles. The molecule has 14 heteroatoms. The van der Waals surface area contributed by atoms with Crippen LogP contribution in [0.4, 0.5) is 11.4 Å². The highest BCUT2D eigenvalue weighted by Crippen LogP contribution is 2.39. The molecule has 4 rings (SSSR count). The third kappa shape index (κ3) is 5.47. The lowest BCUT2D eigenvalue weighted by Crippen LogP contribution is -2.17. The average molecular weight is 631 g/mol. The third-order valence-electron chi connectivity index (χ3n) is 4.85. The van der Waals surface area contributed by atoms with Crippen LogP contribution in [0.2, 0.25) is 25.1 Å². The molecule has 0 aliphatic rings. The van der Waals surface area contributed by atoms with Gasteiger partial charge in [-0.05, 0) is 66.4 Å². The summed E-state index contributed by atoms with van der Waals surface area (Å²) in [6.07, 6.45) is 0. The first-order valence-electron chi connectivity index (χ1n) is 9.47. The summed E-state index contributed by atoms with van der Waals surface area (Å²) >= 11 is 31.1. The number of benzene rings is 3. The minimum Gasteiger partial charge on any atom is -0.277 e. The molecule has 4 aromatic rings. The summed E-state index contributed by atoms with van der Waals surface area (Å²) in [7, 11) is -8.35. The number of hydrogen-bond donors (Lipinski definition) is 2. The van der Waals surface area contributed by atoms with Gasteiger partial charge in [-0.15, -0.1) is 11.3 Å². The Morgan fingerprint density at radius 2 is 1.26 bits per heavy atom. The van der Waals surface area contributed by atoms with Gasteiger partial charge >= 0.3 is 0 Å². The first-order valence-corrected chi connectivity index (χ1v) is 15.1. The van der Waals surface area contributed by atoms with E-state index in [2.05, 4.69) is 9.44 Å². The largest absolute Gasteiger partial charge is 0.277 e. The second-order valence-corrected chi connectivity index (χ2v) is 13.9. The Balaban J connectivity index is 1.76. The van der Waals surface area contributed by atoms with E-state index in [4.69, 9.17) is 58.0 Å². The van der Waals surface area contributed by atoms with Crippen molar-refractivity contribution < 1.29 is 16.8 Å². The second kappa shape index (κ2) is 9.79. The zero-order valence-electron chi connectivity index (χ0n) is 17.4. The Kier molecular flexibility index (Phi) is 7.45. The SMILES string of the molecule is Cc1c(S(=O)(=O)Nc2cc(Cl)c(Cl)cc2NS(=O)(=O)c2ccc(Cl)c(Cl)c2)sc2ccc(Cl)cc12. The topological polar surface area (TPSA) is 92.3 Å². The molecule has 2 N–H and O–H groups in total. The average Bonchev–Trinajstić information content (AvgIpc) is 3.10. The molecule has 35 heavy (non-hydrogen) atoms. The predicted octanol–water partition coefficient (Wildman–Crippen LogP) is 8.08. The van der Waals surface area contributed by atoms with Crippen molar-refractivity contribution in [3.63, 3.8) is 0 Å². The van der Waals surface area contributed by atoms with Gasteiger partial charge in [0.1, 0.15) is 4.21 Å². The minimum absolute atomic E-state index is 0.00846. The summed E-state index contributed by atoms with van der Waals surface area (Å²) in [6.45, 7) is 1.66. The lowest BCUT2D eigenvalue weighted by molar-refractivity contribution is 0.599. The molecule has 0 aliphatic carbocycles. The van der Waals surface area contributed by atoms with Gasteiger partial charge in [0.2, 0.25) is 0 Å². The molecule has 0 spiro atoms. The van der Waals surface area contributed by atoms with Crippen LogP contribution in [-0.2, 0) is 20.0 Å². The molecule has 0 saturated carbocycles. The lowest BCUT2D eigenvalue weighted by atomic mass is 10.2. The van der Waals surface area contributed by atoms with Crippen molar-refractivity contribution in [2.45, 2.75) is 16.0 Å². The molecule has 0 bridgehead atoms. The number of halogens is 5. The number of sulfonamides is 2. The number of nitrogens with one attached hydrogen (secondary N) is 2. The number of hydrogen-bond acceptors (Lipinski definition) is 5. The highest BCUT2D eigenvalue weighted by molar-refractivity contribution is 7.95. The molecule has 0 atom stereocenters. The van der Waals surface area contributed by atoms with Gasteiger partial charge < -0.3 is 0 Å².